The van der Waals surface area contributed by atoms with Gasteiger partial charge in [0.05, 0.1) is 32.3 Å². The van der Waals surface area contributed by atoms with Crippen molar-refractivity contribution in [3.8, 4) is 17.2 Å². The highest BCUT2D eigenvalue weighted by molar-refractivity contribution is 7.92. The minimum absolute atomic E-state index is 0.0234. The summed E-state index contributed by atoms with van der Waals surface area (Å²) in [7, 11) is 0.729. The predicted molar refractivity (Wildman–Crippen MR) is 126 cm³/mol. The zero-order valence-electron chi connectivity index (χ0n) is 18.8. The zero-order valence-corrected chi connectivity index (χ0v) is 19.6. The fourth-order valence-electron chi connectivity index (χ4n) is 3.16. The second-order valence-corrected chi connectivity index (χ2v) is 8.85. The number of hydrogen-bond donors (Lipinski definition) is 2. The highest BCUT2D eigenvalue weighted by Crippen LogP contribution is 2.30. The Labute approximate surface area is 193 Å². The van der Waals surface area contributed by atoms with Crippen LogP contribution in [0.3, 0.4) is 0 Å². The van der Waals surface area contributed by atoms with Crippen molar-refractivity contribution in [2.75, 3.05) is 26.1 Å². The van der Waals surface area contributed by atoms with Crippen LogP contribution in [0.4, 0.5) is 5.69 Å². The number of ether oxygens (including phenoxy) is 3. The van der Waals surface area contributed by atoms with Gasteiger partial charge in [0.15, 0.2) is 11.5 Å². The molecule has 3 aromatic rings. The van der Waals surface area contributed by atoms with E-state index in [0.717, 1.165) is 5.56 Å². The molecule has 0 aliphatic rings. The van der Waals surface area contributed by atoms with Gasteiger partial charge in [-0.3, -0.25) is 9.52 Å². The van der Waals surface area contributed by atoms with Crippen LogP contribution in [0, 0.1) is 0 Å². The standard InChI is InChI=1S/C24H26N2O6S/c1-16(17-8-13-22(31-3)23(15-17)32-4)25-24(27)18-6-5-7-21(14-18)33(28,29)26-19-9-11-20(30-2)12-10-19/h5-16,26H,1-4H3,(H,25,27). The lowest BCUT2D eigenvalue weighted by Crippen LogP contribution is -2.27. The van der Waals surface area contributed by atoms with Crippen molar-refractivity contribution in [2.45, 2.75) is 17.9 Å². The van der Waals surface area contributed by atoms with Crippen LogP contribution in [-0.2, 0) is 10.0 Å². The molecule has 3 aromatic carbocycles. The summed E-state index contributed by atoms with van der Waals surface area (Å²) in [6, 6.07) is 17.4. The summed E-state index contributed by atoms with van der Waals surface area (Å²) in [4.78, 5) is 12.8. The van der Waals surface area contributed by atoms with Gasteiger partial charge in [-0.2, -0.15) is 0 Å². The topological polar surface area (TPSA) is 103 Å². The van der Waals surface area contributed by atoms with Gasteiger partial charge in [-0.05, 0) is 67.1 Å². The van der Waals surface area contributed by atoms with E-state index in [1.165, 1.54) is 32.4 Å². The van der Waals surface area contributed by atoms with E-state index in [2.05, 4.69) is 10.0 Å². The Balaban J connectivity index is 1.75. The van der Waals surface area contributed by atoms with Crippen LogP contribution in [0.5, 0.6) is 17.2 Å². The van der Waals surface area contributed by atoms with Crippen LogP contribution in [0.1, 0.15) is 28.9 Å². The number of carbonyl (C=O) groups is 1. The van der Waals surface area contributed by atoms with Crippen LogP contribution in [0.2, 0.25) is 0 Å². The van der Waals surface area contributed by atoms with Crippen LogP contribution < -0.4 is 24.2 Å². The Hall–Kier alpha value is -3.72. The minimum Gasteiger partial charge on any atom is -0.497 e. The summed E-state index contributed by atoms with van der Waals surface area (Å²) in [6.07, 6.45) is 0. The van der Waals surface area contributed by atoms with Gasteiger partial charge in [-0.25, -0.2) is 8.42 Å². The van der Waals surface area contributed by atoms with Gasteiger partial charge in [0.2, 0.25) is 0 Å². The Morgan fingerprint density at radius 1 is 0.848 bits per heavy atom. The van der Waals surface area contributed by atoms with E-state index in [-0.39, 0.29) is 16.5 Å². The van der Waals surface area contributed by atoms with Gasteiger partial charge in [-0.15, -0.1) is 0 Å². The molecule has 0 fully saturated rings. The highest BCUT2D eigenvalue weighted by Gasteiger charge is 2.18. The maximum Gasteiger partial charge on any atom is 0.261 e. The fraction of sp³-hybridized carbons (Fsp3) is 0.208. The number of nitrogens with one attached hydrogen (secondary N) is 2. The summed E-state index contributed by atoms with van der Waals surface area (Å²) in [5.41, 5.74) is 1.42. The Kier molecular flexibility index (Phi) is 7.44. The second kappa shape index (κ2) is 10.3. The Morgan fingerprint density at radius 3 is 2.18 bits per heavy atom. The number of hydrogen-bond acceptors (Lipinski definition) is 6. The van der Waals surface area contributed by atoms with Gasteiger partial charge in [0.25, 0.3) is 15.9 Å². The smallest absolute Gasteiger partial charge is 0.261 e. The number of sulfonamides is 1. The maximum atomic E-state index is 12.8. The van der Waals surface area contributed by atoms with E-state index in [9.17, 15) is 13.2 Å². The molecule has 1 atom stereocenters. The largest absolute Gasteiger partial charge is 0.497 e. The van der Waals surface area contributed by atoms with Crippen LogP contribution >= 0.6 is 0 Å². The molecular formula is C24H26N2O6S. The number of methoxy groups -OCH3 is 3. The van der Waals surface area contributed by atoms with Crippen LogP contribution in [-0.4, -0.2) is 35.7 Å². The van der Waals surface area contributed by atoms with E-state index in [1.807, 2.05) is 13.0 Å². The summed E-state index contributed by atoms with van der Waals surface area (Å²) in [6.45, 7) is 1.82. The molecule has 8 nitrogen and oxygen atoms in total. The molecule has 0 heterocycles. The number of amides is 1. The van der Waals surface area contributed by atoms with Gasteiger partial charge in [0, 0.05) is 11.3 Å². The molecule has 1 amide bonds. The molecule has 3 rings (SSSR count). The van der Waals surface area contributed by atoms with Crippen molar-refractivity contribution in [2.24, 2.45) is 0 Å². The molecule has 0 saturated heterocycles. The summed E-state index contributed by atoms with van der Waals surface area (Å²) in [5.74, 6) is 1.34. The van der Waals surface area contributed by atoms with E-state index < -0.39 is 15.9 Å². The van der Waals surface area contributed by atoms with Gasteiger partial charge in [0.1, 0.15) is 5.75 Å². The monoisotopic (exact) mass is 470 g/mol. The first kappa shape index (κ1) is 23.9. The summed E-state index contributed by atoms with van der Waals surface area (Å²) < 4.78 is 43.7. The molecule has 0 bridgehead atoms. The lowest BCUT2D eigenvalue weighted by Gasteiger charge is -2.17. The van der Waals surface area contributed by atoms with Crippen molar-refractivity contribution in [3.05, 3.63) is 77.9 Å². The molecule has 0 aliphatic heterocycles. The molecule has 1 unspecified atom stereocenters. The molecule has 0 aromatic heterocycles. The van der Waals surface area contributed by atoms with Crippen molar-refractivity contribution < 1.29 is 27.4 Å². The fourth-order valence-corrected chi connectivity index (χ4v) is 4.27. The highest BCUT2D eigenvalue weighted by atomic mass is 32.2. The van der Waals surface area contributed by atoms with Gasteiger partial charge >= 0.3 is 0 Å². The Bertz CT molecular complexity index is 1230. The van der Waals surface area contributed by atoms with E-state index >= 15 is 0 Å². The third-order valence-corrected chi connectivity index (χ3v) is 6.38. The minimum atomic E-state index is -3.89. The number of carbonyl (C=O) groups excluding carboxylic acids is 1. The lowest BCUT2D eigenvalue weighted by atomic mass is 10.1. The normalized spacial score (nSPS) is 11.9. The zero-order chi connectivity index (χ0) is 24.0. The molecule has 0 radical (unpaired) electrons. The third-order valence-electron chi connectivity index (χ3n) is 5.00. The average Bonchev–Trinajstić information content (AvgIpc) is 2.83. The first-order chi connectivity index (χ1) is 15.8. The first-order valence-electron chi connectivity index (χ1n) is 10.1. The van der Waals surface area contributed by atoms with Crippen molar-refractivity contribution >= 4 is 21.6 Å². The van der Waals surface area contributed by atoms with E-state index in [4.69, 9.17) is 14.2 Å². The maximum absolute atomic E-state index is 12.8. The lowest BCUT2D eigenvalue weighted by molar-refractivity contribution is 0.0939. The Morgan fingerprint density at radius 2 is 1.55 bits per heavy atom. The summed E-state index contributed by atoms with van der Waals surface area (Å²) in [5, 5.41) is 2.88. The van der Waals surface area contributed by atoms with Crippen molar-refractivity contribution in [3.63, 3.8) is 0 Å². The molecule has 0 saturated carbocycles. The molecule has 9 heteroatoms. The number of benzene rings is 3. The molecule has 0 spiro atoms. The van der Waals surface area contributed by atoms with Crippen molar-refractivity contribution in [1.29, 1.82) is 0 Å². The number of rotatable bonds is 9. The average molecular weight is 471 g/mol. The molecule has 174 valence electrons. The van der Waals surface area contributed by atoms with Crippen LogP contribution in [0.25, 0.3) is 0 Å². The third kappa shape index (κ3) is 5.75. The quantitative estimate of drug-likeness (QED) is 0.490. The second-order valence-electron chi connectivity index (χ2n) is 7.17. The van der Waals surface area contributed by atoms with E-state index in [0.29, 0.717) is 22.9 Å². The predicted octanol–water partition coefficient (Wildman–Crippen LogP) is 4.00. The first-order valence-corrected chi connectivity index (χ1v) is 11.6. The number of anilines is 1. The molecule has 0 aliphatic carbocycles. The van der Waals surface area contributed by atoms with E-state index in [1.54, 1.807) is 49.6 Å². The molecular weight excluding hydrogens is 444 g/mol. The molecule has 33 heavy (non-hydrogen) atoms. The SMILES string of the molecule is COc1ccc(NS(=O)(=O)c2cccc(C(=O)NC(C)c3ccc(OC)c(OC)c3)c2)cc1. The molecule has 2 N–H and O–H groups in total. The van der Waals surface area contributed by atoms with Crippen molar-refractivity contribution in [1.82, 2.24) is 5.32 Å². The van der Waals surface area contributed by atoms with Gasteiger partial charge < -0.3 is 19.5 Å². The van der Waals surface area contributed by atoms with Crippen LogP contribution in [0.15, 0.2) is 71.6 Å². The van der Waals surface area contributed by atoms with Gasteiger partial charge in [-0.1, -0.05) is 12.1 Å². The summed E-state index contributed by atoms with van der Waals surface area (Å²) >= 11 is 0.